The lowest BCUT2D eigenvalue weighted by Crippen LogP contribution is -2.17. The zero-order valence-corrected chi connectivity index (χ0v) is 15.8. The van der Waals surface area contributed by atoms with E-state index in [-0.39, 0.29) is 11.7 Å². The highest BCUT2D eigenvalue weighted by Gasteiger charge is 2.18. The molecule has 3 aromatic rings. The first-order valence-electron chi connectivity index (χ1n) is 8.83. The quantitative estimate of drug-likeness (QED) is 0.493. The van der Waals surface area contributed by atoms with Crippen molar-refractivity contribution in [2.45, 2.75) is 13.8 Å². The number of carbonyl (C=O) groups is 1. The molecule has 0 spiro atoms. The van der Waals surface area contributed by atoms with Crippen molar-refractivity contribution in [1.29, 1.82) is 0 Å². The number of hydrogen-bond acceptors (Lipinski definition) is 5. The van der Waals surface area contributed by atoms with Gasteiger partial charge >= 0.3 is 0 Å². The molecule has 0 aliphatic heterocycles. The van der Waals surface area contributed by atoms with Crippen LogP contribution in [0, 0.1) is 17.6 Å². The molecule has 0 fully saturated rings. The molecule has 0 radical (unpaired) electrons. The van der Waals surface area contributed by atoms with E-state index in [2.05, 4.69) is 20.4 Å². The standard InChI is InChI=1S/C21H18F2N4O2/c1-13(2)20(27-29-18-8-3-4-11-24-18)14-9-10-17(25-12-14)26-21(28)19-15(22)6-5-7-16(19)23/h3-13H,1-2H3,(H,25,26,28). The van der Waals surface area contributed by atoms with Gasteiger partial charge in [-0.2, -0.15) is 0 Å². The van der Waals surface area contributed by atoms with Gasteiger partial charge in [-0.3, -0.25) is 4.79 Å². The first-order chi connectivity index (χ1) is 14.0. The number of pyridine rings is 2. The van der Waals surface area contributed by atoms with Crippen molar-refractivity contribution in [3.63, 3.8) is 0 Å². The van der Waals surface area contributed by atoms with Crippen LogP contribution in [-0.4, -0.2) is 21.6 Å². The van der Waals surface area contributed by atoms with E-state index in [0.29, 0.717) is 17.2 Å². The third kappa shape index (κ3) is 4.98. The number of oxime groups is 1. The normalized spacial score (nSPS) is 11.4. The minimum Gasteiger partial charge on any atom is -0.336 e. The monoisotopic (exact) mass is 396 g/mol. The molecule has 0 saturated heterocycles. The van der Waals surface area contributed by atoms with Crippen LogP contribution >= 0.6 is 0 Å². The van der Waals surface area contributed by atoms with Gasteiger partial charge in [0.1, 0.15) is 23.0 Å². The molecular formula is C21H18F2N4O2. The Balaban J connectivity index is 1.76. The smallest absolute Gasteiger partial charge is 0.262 e. The average Bonchev–Trinajstić information content (AvgIpc) is 2.70. The average molecular weight is 396 g/mol. The number of aromatic nitrogens is 2. The van der Waals surface area contributed by atoms with Gasteiger partial charge in [-0.1, -0.05) is 31.1 Å². The number of halogens is 2. The molecule has 8 heteroatoms. The van der Waals surface area contributed by atoms with E-state index in [1.165, 1.54) is 18.3 Å². The summed E-state index contributed by atoms with van der Waals surface area (Å²) in [7, 11) is 0. The molecule has 1 aromatic carbocycles. The zero-order chi connectivity index (χ0) is 20.8. The van der Waals surface area contributed by atoms with Crippen LogP contribution in [0.5, 0.6) is 5.88 Å². The highest BCUT2D eigenvalue weighted by atomic mass is 19.1. The maximum atomic E-state index is 13.7. The number of rotatable bonds is 6. The summed E-state index contributed by atoms with van der Waals surface area (Å²) in [6.45, 7) is 3.88. The number of nitrogens with one attached hydrogen (secondary N) is 1. The summed E-state index contributed by atoms with van der Waals surface area (Å²) >= 11 is 0. The molecule has 0 bridgehead atoms. The van der Waals surface area contributed by atoms with Gasteiger partial charge in [0.05, 0.1) is 5.71 Å². The van der Waals surface area contributed by atoms with E-state index in [1.54, 1.807) is 30.5 Å². The summed E-state index contributed by atoms with van der Waals surface area (Å²) in [6.07, 6.45) is 3.09. The molecule has 0 aliphatic carbocycles. The summed E-state index contributed by atoms with van der Waals surface area (Å²) in [6, 6.07) is 11.7. The van der Waals surface area contributed by atoms with Crippen LogP contribution in [0.1, 0.15) is 29.8 Å². The van der Waals surface area contributed by atoms with Gasteiger partial charge in [-0.05, 0) is 36.2 Å². The summed E-state index contributed by atoms with van der Waals surface area (Å²) in [4.78, 5) is 25.7. The van der Waals surface area contributed by atoms with Gasteiger partial charge in [-0.25, -0.2) is 18.7 Å². The van der Waals surface area contributed by atoms with Crippen molar-refractivity contribution in [2.75, 3.05) is 5.32 Å². The third-order valence-corrected chi connectivity index (χ3v) is 3.91. The number of carbonyl (C=O) groups excluding carboxylic acids is 1. The summed E-state index contributed by atoms with van der Waals surface area (Å²) in [5.41, 5.74) is 0.638. The molecule has 1 amide bonds. The zero-order valence-electron chi connectivity index (χ0n) is 15.8. The van der Waals surface area contributed by atoms with Crippen molar-refractivity contribution in [2.24, 2.45) is 11.1 Å². The molecular weight excluding hydrogens is 378 g/mol. The Morgan fingerprint density at radius 2 is 1.79 bits per heavy atom. The number of amides is 1. The molecule has 148 valence electrons. The van der Waals surface area contributed by atoms with Gasteiger partial charge in [-0.15, -0.1) is 0 Å². The molecule has 0 aliphatic rings. The molecule has 0 unspecified atom stereocenters. The van der Waals surface area contributed by atoms with Crippen LogP contribution in [0.25, 0.3) is 0 Å². The van der Waals surface area contributed by atoms with Crippen molar-refractivity contribution in [3.8, 4) is 5.88 Å². The number of hydrogen-bond donors (Lipinski definition) is 1. The van der Waals surface area contributed by atoms with Crippen molar-refractivity contribution < 1.29 is 18.4 Å². The largest absolute Gasteiger partial charge is 0.336 e. The van der Waals surface area contributed by atoms with E-state index in [0.717, 1.165) is 12.1 Å². The van der Waals surface area contributed by atoms with Crippen LogP contribution in [0.2, 0.25) is 0 Å². The maximum Gasteiger partial charge on any atom is 0.262 e. The minimum absolute atomic E-state index is 0.0217. The number of benzene rings is 1. The van der Waals surface area contributed by atoms with Crippen LogP contribution in [0.15, 0.2) is 66.1 Å². The lowest BCUT2D eigenvalue weighted by Gasteiger charge is -2.11. The Hall–Kier alpha value is -3.68. The van der Waals surface area contributed by atoms with Crippen LogP contribution in [0.4, 0.5) is 14.6 Å². The SMILES string of the molecule is CC(C)C(=NOc1ccccn1)c1ccc(NC(=O)c2c(F)cccc2F)nc1. The molecule has 3 rings (SSSR count). The number of anilines is 1. The van der Waals surface area contributed by atoms with E-state index in [1.807, 2.05) is 13.8 Å². The molecule has 0 saturated carbocycles. The minimum atomic E-state index is -0.944. The second-order valence-electron chi connectivity index (χ2n) is 6.37. The molecule has 1 N–H and O–H groups in total. The van der Waals surface area contributed by atoms with E-state index in [4.69, 9.17) is 4.84 Å². The highest BCUT2D eigenvalue weighted by Crippen LogP contribution is 2.16. The fourth-order valence-electron chi connectivity index (χ4n) is 2.50. The third-order valence-electron chi connectivity index (χ3n) is 3.91. The highest BCUT2D eigenvalue weighted by molar-refractivity contribution is 6.05. The second-order valence-corrected chi connectivity index (χ2v) is 6.37. The fraction of sp³-hybridized carbons (Fsp3) is 0.143. The molecule has 2 aromatic heterocycles. The molecule has 29 heavy (non-hydrogen) atoms. The van der Waals surface area contributed by atoms with Gasteiger partial charge in [0.15, 0.2) is 0 Å². The lowest BCUT2D eigenvalue weighted by molar-refractivity contribution is 0.101. The topological polar surface area (TPSA) is 76.5 Å². The fourth-order valence-corrected chi connectivity index (χ4v) is 2.50. The van der Waals surface area contributed by atoms with Gasteiger partial charge < -0.3 is 10.2 Å². The maximum absolute atomic E-state index is 13.7. The van der Waals surface area contributed by atoms with E-state index >= 15 is 0 Å². The van der Waals surface area contributed by atoms with Crippen LogP contribution in [0.3, 0.4) is 0 Å². The van der Waals surface area contributed by atoms with E-state index in [9.17, 15) is 13.6 Å². The molecule has 6 nitrogen and oxygen atoms in total. The van der Waals surface area contributed by atoms with Crippen LogP contribution < -0.4 is 10.2 Å². The Morgan fingerprint density at radius 1 is 1.03 bits per heavy atom. The number of nitrogens with zero attached hydrogens (tertiary/aromatic N) is 3. The predicted molar refractivity (Wildman–Crippen MR) is 105 cm³/mol. The lowest BCUT2D eigenvalue weighted by atomic mass is 10.0. The Morgan fingerprint density at radius 3 is 2.38 bits per heavy atom. The van der Waals surface area contributed by atoms with Gasteiger partial charge in [0, 0.05) is 24.0 Å². The summed E-state index contributed by atoms with van der Waals surface area (Å²) in [5.74, 6) is -2.28. The summed E-state index contributed by atoms with van der Waals surface area (Å²) < 4.78 is 27.5. The van der Waals surface area contributed by atoms with Crippen molar-refractivity contribution in [1.82, 2.24) is 9.97 Å². The van der Waals surface area contributed by atoms with Crippen molar-refractivity contribution >= 4 is 17.4 Å². The Bertz CT molecular complexity index is 1000. The molecule has 0 atom stereocenters. The first-order valence-corrected chi connectivity index (χ1v) is 8.83. The van der Waals surface area contributed by atoms with Gasteiger partial charge in [0.2, 0.25) is 5.88 Å². The van der Waals surface area contributed by atoms with E-state index < -0.39 is 23.1 Å². The van der Waals surface area contributed by atoms with Crippen LogP contribution in [-0.2, 0) is 0 Å². The Kier molecular flexibility index (Phi) is 6.23. The second kappa shape index (κ2) is 9.01. The summed E-state index contributed by atoms with van der Waals surface area (Å²) in [5, 5.41) is 6.53. The van der Waals surface area contributed by atoms with Gasteiger partial charge in [0.25, 0.3) is 5.91 Å². The Labute approximate surface area is 166 Å². The first kappa shape index (κ1) is 20.1. The molecule has 2 heterocycles. The predicted octanol–water partition coefficient (Wildman–Crippen LogP) is 4.45. The van der Waals surface area contributed by atoms with Crippen molar-refractivity contribution in [3.05, 3.63) is 83.7 Å².